The molecule has 0 bridgehead atoms. The fraction of sp³-hybridized carbons (Fsp3) is 0.0714. The molecule has 0 atom stereocenters. The maximum Gasteiger partial charge on any atom is 0.160 e. The molecule has 10 aromatic rings. The van der Waals surface area contributed by atoms with E-state index in [9.17, 15) is 0 Å². The first-order valence-electron chi connectivity index (χ1n) is 20.6. The number of hydrogen-bond donors (Lipinski definition) is 0. The zero-order valence-electron chi connectivity index (χ0n) is 33.2. The minimum Gasteiger partial charge on any atom is -0.228 e. The Morgan fingerprint density at radius 3 is 1.75 bits per heavy atom. The molecule has 60 heavy (non-hydrogen) atoms. The number of fused-ring (bicyclic) bond motifs is 11. The molecule has 0 N–H and O–H groups in total. The van der Waals surface area contributed by atoms with Gasteiger partial charge in [0.1, 0.15) is 0 Å². The minimum atomic E-state index is -0.501. The highest BCUT2D eigenvalue weighted by Gasteiger charge is 2.52. The van der Waals surface area contributed by atoms with Crippen molar-refractivity contribution in [2.24, 2.45) is 0 Å². The number of aromatic nitrogens is 2. The smallest absolute Gasteiger partial charge is 0.160 e. The topological polar surface area (TPSA) is 25.8 Å². The Bertz CT molecular complexity index is 3300. The fourth-order valence-corrected chi connectivity index (χ4v) is 12.4. The maximum absolute atomic E-state index is 5.42. The molecule has 3 heterocycles. The molecule has 0 unspecified atom stereocenters. The molecule has 1 aliphatic heterocycles. The summed E-state index contributed by atoms with van der Waals surface area (Å²) in [6.45, 7) is 4.79. The van der Waals surface area contributed by atoms with Crippen LogP contribution in [-0.2, 0) is 10.8 Å². The van der Waals surface area contributed by atoms with Gasteiger partial charge in [-0.15, -0.1) is 11.3 Å². The van der Waals surface area contributed by atoms with Gasteiger partial charge in [-0.25, -0.2) is 9.97 Å². The highest BCUT2D eigenvalue weighted by Crippen LogP contribution is 2.62. The van der Waals surface area contributed by atoms with Gasteiger partial charge in [-0.1, -0.05) is 183 Å². The van der Waals surface area contributed by atoms with Crippen LogP contribution in [0.15, 0.2) is 204 Å². The third kappa shape index (κ3) is 5.21. The summed E-state index contributed by atoms with van der Waals surface area (Å²) in [6.07, 6.45) is 0. The van der Waals surface area contributed by atoms with Crippen LogP contribution in [0.4, 0.5) is 0 Å². The largest absolute Gasteiger partial charge is 0.228 e. The lowest BCUT2D eigenvalue weighted by Crippen LogP contribution is -2.43. The highest BCUT2D eigenvalue weighted by molar-refractivity contribution is 7.99. The molecule has 8 aromatic carbocycles. The Hall–Kier alpha value is -6.59. The summed E-state index contributed by atoms with van der Waals surface area (Å²) in [5, 5.41) is 2.55. The van der Waals surface area contributed by atoms with Crippen molar-refractivity contribution in [2.75, 3.05) is 0 Å². The van der Waals surface area contributed by atoms with Crippen molar-refractivity contribution in [3.63, 3.8) is 0 Å². The van der Waals surface area contributed by atoms with Gasteiger partial charge in [0.25, 0.3) is 0 Å². The summed E-state index contributed by atoms with van der Waals surface area (Å²) in [7, 11) is 0. The fourth-order valence-electron chi connectivity index (χ4n) is 10.1. The SMILES string of the molecule is CC1(C)c2ccccc2C2(c3ccccc3Sc3ccccc32)c2cc(-c3ccccc3-c3cc(-c4ccccc4)nc(-c4ccc5c(c4)sc4ccccc45)n3)ccc21. The Balaban J connectivity index is 1.09. The lowest BCUT2D eigenvalue weighted by Gasteiger charge is -2.50. The second-order valence-corrected chi connectivity index (χ2v) is 18.6. The normalized spacial score (nSPS) is 14.4. The molecule has 2 nitrogen and oxygen atoms in total. The summed E-state index contributed by atoms with van der Waals surface area (Å²) < 4.78 is 2.52. The average molecular weight is 803 g/mol. The molecule has 0 fully saturated rings. The molecule has 284 valence electrons. The van der Waals surface area contributed by atoms with Gasteiger partial charge in [-0.2, -0.15) is 0 Å². The van der Waals surface area contributed by atoms with E-state index < -0.39 is 5.41 Å². The Labute approximate surface area is 358 Å². The van der Waals surface area contributed by atoms with E-state index in [1.165, 1.54) is 68.9 Å². The highest BCUT2D eigenvalue weighted by atomic mass is 32.2. The third-order valence-electron chi connectivity index (χ3n) is 12.9. The first-order valence-corrected chi connectivity index (χ1v) is 22.2. The van der Waals surface area contributed by atoms with E-state index in [0.717, 1.165) is 39.5 Å². The number of nitrogens with zero attached hydrogens (tertiary/aromatic N) is 2. The van der Waals surface area contributed by atoms with Gasteiger partial charge < -0.3 is 0 Å². The quantitative estimate of drug-likeness (QED) is 0.177. The summed E-state index contributed by atoms with van der Waals surface area (Å²) in [4.78, 5) is 13.3. The molecular weight excluding hydrogens is 765 g/mol. The molecule has 12 rings (SSSR count). The van der Waals surface area contributed by atoms with E-state index >= 15 is 0 Å². The number of rotatable bonds is 4. The van der Waals surface area contributed by atoms with Crippen LogP contribution in [0, 0.1) is 0 Å². The molecule has 1 aliphatic carbocycles. The molecule has 2 aliphatic rings. The standard InChI is InChI=1S/C56H38N2S2/c1-55(2)42-21-9-10-22-44(42)56(45-23-11-14-26-51(45)60-52-27-15-12-24-46(52)56)47-32-36(29-31-43(47)55)38-18-6-7-19-39(38)49-34-48(35-16-4-3-5-17-35)57-54(58-49)37-28-30-41-40-20-8-13-25-50(40)59-53(41)33-37/h3-34H,1-2H3. The van der Waals surface area contributed by atoms with E-state index in [0.29, 0.717) is 0 Å². The molecule has 1 spiro atoms. The van der Waals surface area contributed by atoms with Crippen LogP contribution in [0.25, 0.3) is 65.2 Å². The molecule has 0 amide bonds. The van der Waals surface area contributed by atoms with Crippen LogP contribution in [0.5, 0.6) is 0 Å². The molecule has 4 heteroatoms. The Kier molecular flexibility index (Phi) is 7.94. The predicted molar refractivity (Wildman–Crippen MR) is 251 cm³/mol. The third-order valence-corrected chi connectivity index (χ3v) is 15.1. The number of benzene rings is 8. The van der Waals surface area contributed by atoms with Gasteiger partial charge in [-0.3, -0.25) is 0 Å². The molecular formula is C56H38N2S2. The van der Waals surface area contributed by atoms with Crippen molar-refractivity contribution < 1.29 is 0 Å². The molecule has 0 saturated heterocycles. The lowest BCUT2D eigenvalue weighted by atomic mass is 9.54. The second kappa shape index (κ2) is 13.5. The summed E-state index contributed by atoms with van der Waals surface area (Å²) in [5.74, 6) is 0.719. The number of thiophene rings is 1. The van der Waals surface area contributed by atoms with Gasteiger partial charge in [0.15, 0.2) is 5.82 Å². The summed E-state index contributed by atoms with van der Waals surface area (Å²) in [6, 6.07) is 71.3. The van der Waals surface area contributed by atoms with Crippen LogP contribution in [-0.4, -0.2) is 9.97 Å². The van der Waals surface area contributed by atoms with Crippen LogP contribution in [0.2, 0.25) is 0 Å². The van der Waals surface area contributed by atoms with Crippen LogP contribution >= 0.6 is 23.1 Å². The average Bonchev–Trinajstić information content (AvgIpc) is 3.68. The van der Waals surface area contributed by atoms with Crippen molar-refractivity contribution in [1.82, 2.24) is 9.97 Å². The van der Waals surface area contributed by atoms with E-state index in [4.69, 9.17) is 9.97 Å². The first-order chi connectivity index (χ1) is 29.5. The molecule has 2 aromatic heterocycles. The minimum absolute atomic E-state index is 0.217. The van der Waals surface area contributed by atoms with Crippen molar-refractivity contribution in [2.45, 2.75) is 34.5 Å². The maximum atomic E-state index is 5.42. The van der Waals surface area contributed by atoms with E-state index in [-0.39, 0.29) is 5.41 Å². The van der Waals surface area contributed by atoms with E-state index in [1.807, 2.05) is 23.1 Å². The molecule has 0 saturated carbocycles. The Morgan fingerprint density at radius 2 is 0.967 bits per heavy atom. The van der Waals surface area contributed by atoms with Gasteiger partial charge in [0.2, 0.25) is 0 Å². The predicted octanol–water partition coefficient (Wildman–Crippen LogP) is 15.0. The second-order valence-electron chi connectivity index (χ2n) is 16.5. The summed E-state index contributed by atoms with van der Waals surface area (Å²) >= 11 is 3.71. The van der Waals surface area contributed by atoms with Crippen molar-refractivity contribution in [3.05, 3.63) is 228 Å². The number of hydrogen-bond acceptors (Lipinski definition) is 4. The monoisotopic (exact) mass is 802 g/mol. The van der Waals surface area contributed by atoms with Crippen molar-refractivity contribution >= 4 is 43.3 Å². The van der Waals surface area contributed by atoms with E-state index in [2.05, 4.69) is 208 Å². The van der Waals surface area contributed by atoms with Gasteiger partial charge in [0.05, 0.1) is 16.8 Å². The molecule has 0 radical (unpaired) electrons. The lowest BCUT2D eigenvalue weighted by molar-refractivity contribution is 0.549. The first kappa shape index (κ1) is 35.4. The van der Waals surface area contributed by atoms with Gasteiger partial charge >= 0.3 is 0 Å². The zero-order chi connectivity index (χ0) is 40.0. The van der Waals surface area contributed by atoms with Crippen LogP contribution < -0.4 is 0 Å². The Morgan fingerprint density at radius 1 is 0.383 bits per heavy atom. The van der Waals surface area contributed by atoms with Crippen LogP contribution in [0.1, 0.15) is 47.2 Å². The van der Waals surface area contributed by atoms with Gasteiger partial charge in [0, 0.05) is 52.1 Å². The van der Waals surface area contributed by atoms with Crippen LogP contribution in [0.3, 0.4) is 0 Å². The van der Waals surface area contributed by atoms with Crippen molar-refractivity contribution in [3.8, 4) is 45.0 Å². The van der Waals surface area contributed by atoms with Gasteiger partial charge in [-0.05, 0) is 80.9 Å². The van der Waals surface area contributed by atoms with Crippen molar-refractivity contribution in [1.29, 1.82) is 0 Å². The van der Waals surface area contributed by atoms with E-state index in [1.54, 1.807) is 0 Å². The zero-order valence-corrected chi connectivity index (χ0v) is 34.8. The summed E-state index contributed by atoms with van der Waals surface area (Å²) in [5.41, 5.74) is 14.6.